The second kappa shape index (κ2) is 8.12. The molecular formula is C21H25NO5. The minimum absolute atomic E-state index is 0.234. The van der Waals surface area contributed by atoms with Gasteiger partial charge in [-0.2, -0.15) is 0 Å². The van der Waals surface area contributed by atoms with Gasteiger partial charge in [-0.1, -0.05) is 0 Å². The number of carbonyl (C=O) groups excluding carboxylic acids is 1. The molecule has 0 heterocycles. The Labute approximate surface area is 159 Å². The standard InChI is InChI=1S/C21H25NO5/c1-11-9-17(26-6)14(4)15(5)19(11)22-21(25)16-7-12(2)20(13(3)8-16)27-10-18(23)24/h7-9H,10H2,1-6H3,(H,22,25)(H,23,24). The molecule has 0 aromatic heterocycles. The summed E-state index contributed by atoms with van der Waals surface area (Å²) in [6.45, 7) is 8.97. The van der Waals surface area contributed by atoms with Crippen molar-refractivity contribution in [2.24, 2.45) is 0 Å². The number of carbonyl (C=O) groups is 2. The molecule has 2 N–H and O–H groups in total. The first-order chi connectivity index (χ1) is 12.6. The van der Waals surface area contributed by atoms with Crippen molar-refractivity contribution in [3.63, 3.8) is 0 Å². The third kappa shape index (κ3) is 4.39. The Hall–Kier alpha value is -3.02. The molecule has 0 saturated carbocycles. The lowest BCUT2D eigenvalue weighted by molar-refractivity contribution is -0.139. The molecule has 1 amide bonds. The smallest absolute Gasteiger partial charge is 0.341 e. The molecule has 6 heteroatoms. The van der Waals surface area contributed by atoms with Crippen LogP contribution in [-0.4, -0.2) is 30.7 Å². The Morgan fingerprint density at radius 1 is 0.963 bits per heavy atom. The summed E-state index contributed by atoms with van der Waals surface area (Å²) in [6, 6.07) is 5.29. The van der Waals surface area contributed by atoms with Crippen LogP contribution in [0, 0.1) is 34.6 Å². The van der Waals surface area contributed by atoms with E-state index in [-0.39, 0.29) is 5.91 Å². The molecule has 0 saturated heterocycles. The summed E-state index contributed by atoms with van der Waals surface area (Å²) < 4.78 is 10.7. The van der Waals surface area contributed by atoms with Crippen LogP contribution < -0.4 is 14.8 Å². The number of nitrogens with one attached hydrogen (secondary N) is 1. The van der Waals surface area contributed by atoms with E-state index in [1.54, 1.807) is 33.1 Å². The third-order valence-corrected chi connectivity index (χ3v) is 4.57. The van der Waals surface area contributed by atoms with Gasteiger partial charge in [-0.25, -0.2) is 4.79 Å². The van der Waals surface area contributed by atoms with Crippen LogP contribution in [0.5, 0.6) is 11.5 Å². The Bertz CT molecular complexity index is 879. The molecule has 6 nitrogen and oxygen atoms in total. The van der Waals surface area contributed by atoms with Crippen LogP contribution in [0.4, 0.5) is 5.69 Å². The monoisotopic (exact) mass is 371 g/mol. The van der Waals surface area contributed by atoms with Gasteiger partial charge in [-0.05, 0) is 80.6 Å². The molecule has 0 aliphatic carbocycles. The minimum Gasteiger partial charge on any atom is -0.496 e. The number of hydrogen-bond acceptors (Lipinski definition) is 4. The van der Waals surface area contributed by atoms with Crippen LogP contribution >= 0.6 is 0 Å². The summed E-state index contributed by atoms with van der Waals surface area (Å²) in [6.07, 6.45) is 0. The summed E-state index contributed by atoms with van der Waals surface area (Å²) >= 11 is 0. The van der Waals surface area contributed by atoms with Crippen molar-refractivity contribution in [3.8, 4) is 11.5 Å². The zero-order valence-corrected chi connectivity index (χ0v) is 16.5. The minimum atomic E-state index is -1.04. The van der Waals surface area contributed by atoms with Crippen molar-refractivity contribution < 1.29 is 24.2 Å². The molecule has 2 rings (SSSR count). The van der Waals surface area contributed by atoms with E-state index in [0.29, 0.717) is 22.4 Å². The van der Waals surface area contributed by atoms with Gasteiger partial charge >= 0.3 is 5.97 Å². The number of aryl methyl sites for hydroxylation is 3. The Morgan fingerprint density at radius 3 is 2.07 bits per heavy atom. The highest BCUT2D eigenvalue weighted by Gasteiger charge is 2.16. The molecule has 2 aromatic rings. The molecule has 27 heavy (non-hydrogen) atoms. The number of anilines is 1. The second-order valence-electron chi connectivity index (χ2n) is 6.60. The van der Waals surface area contributed by atoms with Crippen LogP contribution in [0.2, 0.25) is 0 Å². The zero-order chi connectivity index (χ0) is 20.3. The van der Waals surface area contributed by atoms with Crippen molar-refractivity contribution >= 4 is 17.6 Å². The highest BCUT2D eigenvalue weighted by molar-refractivity contribution is 6.05. The zero-order valence-electron chi connectivity index (χ0n) is 16.5. The predicted octanol–water partition coefficient (Wildman–Crippen LogP) is 3.95. The molecule has 2 aromatic carbocycles. The van der Waals surface area contributed by atoms with Crippen LogP contribution in [0.25, 0.3) is 0 Å². The molecule has 0 bridgehead atoms. The van der Waals surface area contributed by atoms with Gasteiger partial charge in [0, 0.05) is 11.3 Å². The summed E-state index contributed by atoms with van der Waals surface area (Å²) in [5.74, 6) is -0.00517. The molecular weight excluding hydrogens is 346 g/mol. The second-order valence-corrected chi connectivity index (χ2v) is 6.60. The number of benzene rings is 2. The number of carboxylic acid groups (broad SMARTS) is 1. The van der Waals surface area contributed by atoms with Gasteiger partial charge in [0.2, 0.25) is 0 Å². The van der Waals surface area contributed by atoms with Crippen molar-refractivity contribution in [2.75, 3.05) is 19.0 Å². The van der Waals surface area contributed by atoms with E-state index in [2.05, 4.69) is 5.32 Å². The fourth-order valence-electron chi connectivity index (χ4n) is 3.08. The Kier molecular flexibility index (Phi) is 6.10. The third-order valence-electron chi connectivity index (χ3n) is 4.57. The topological polar surface area (TPSA) is 84.9 Å². The summed E-state index contributed by atoms with van der Waals surface area (Å²) in [5, 5.41) is 11.8. The van der Waals surface area contributed by atoms with Gasteiger partial charge in [-0.3, -0.25) is 4.79 Å². The van der Waals surface area contributed by atoms with Crippen LogP contribution in [0.3, 0.4) is 0 Å². The largest absolute Gasteiger partial charge is 0.496 e. The lowest BCUT2D eigenvalue weighted by Crippen LogP contribution is -2.16. The van der Waals surface area contributed by atoms with Gasteiger partial charge in [0.15, 0.2) is 6.61 Å². The number of hydrogen-bond donors (Lipinski definition) is 2. The van der Waals surface area contributed by atoms with Gasteiger partial charge in [0.05, 0.1) is 7.11 Å². The summed E-state index contributed by atoms with van der Waals surface area (Å²) in [5.41, 5.74) is 5.51. The molecule has 0 aliphatic heterocycles. The summed E-state index contributed by atoms with van der Waals surface area (Å²) in [4.78, 5) is 23.5. The van der Waals surface area contributed by atoms with Gasteiger partial charge in [-0.15, -0.1) is 0 Å². The van der Waals surface area contributed by atoms with Crippen molar-refractivity contribution in [3.05, 3.63) is 51.6 Å². The van der Waals surface area contributed by atoms with E-state index in [0.717, 1.165) is 28.1 Å². The molecule has 0 aliphatic rings. The quantitative estimate of drug-likeness (QED) is 0.803. The fraction of sp³-hybridized carbons (Fsp3) is 0.333. The number of methoxy groups -OCH3 is 1. The van der Waals surface area contributed by atoms with E-state index in [9.17, 15) is 9.59 Å². The van der Waals surface area contributed by atoms with Crippen LogP contribution in [0.15, 0.2) is 18.2 Å². The number of carboxylic acids is 1. The average molecular weight is 371 g/mol. The maximum atomic E-state index is 12.8. The van der Waals surface area contributed by atoms with Gasteiger partial charge < -0.3 is 19.9 Å². The molecule has 144 valence electrons. The maximum absolute atomic E-state index is 12.8. The summed E-state index contributed by atoms with van der Waals surface area (Å²) in [7, 11) is 1.62. The number of aliphatic carboxylic acids is 1. The fourth-order valence-corrected chi connectivity index (χ4v) is 3.08. The Morgan fingerprint density at radius 2 is 1.56 bits per heavy atom. The first-order valence-corrected chi connectivity index (χ1v) is 8.57. The molecule has 0 radical (unpaired) electrons. The van der Waals surface area contributed by atoms with Crippen molar-refractivity contribution in [1.29, 1.82) is 0 Å². The number of rotatable bonds is 6. The van der Waals surface area contributed by atoms with Gasteiger partial charge in [0.1, 0.15) is 11.5 Å². The normalized spacial score (nSPS) is 10.4. The number of ether oxygens (including phenoxy) is 2. The molecule has 0 atom stereocenters. The van der Waals surface area contributed by atoms with E-state index < -0.39 is 12.6 Å². The number of amides is 1. The van der Waals surface area contributed by atoms with Crippen LogP contribution in [0.1, 0.15) is 38.2 Å². The molecule has 0 spiro atoms. The maximum Gasteiger partial charge on any atom is 0.341 e. The molecule has 0 unspecified atom stereocenters. The van der Waals surface area contributed by atoms with E-state index in [4.69, 9.17) is 14.6 Å². The van der Waals surface area contributed by atoms with Crippen molar-refractivity contribution in [2.45, 2.75) is 34.6 Å². The first kappa shape index (κ1) is 20.3. The molecule has 0 fully saturated rings. The van der Waals surface area contributed by atoms with Crippen LogP contribution in [-0.2, 0) is 4.79 Å². The van der Waals surface area contributed by atoms with E-state index >= 15 is 0 Å². The SMILES string of the molecule is COc1cc(C)c(NC(=O)c2cc(C)c(OCC(=O)O)c(C)c2)c(C)c1C. The Balaban J connectivity index is 2.32. The highest BCUT2D eigenvalue weighted by atomic mass is 16.5. The average Bonchev–Trinajstić information content (AvgIpc) is 2.60. The predicted molar refractivity (Wildman–Crippen MR) is 104 cm³/mol. The lowest BCUT2D eigenvalue weighted by Gasteiger charge is -2.17. The van der Waals surface area contributed by atoms with Crippen molar-refractivity contribution in [1.82, 2.24) is 0 Å². The lowest BCUT2D eigenvalue weighted by atomic mass is 10.0. The highest BCUT2D eigenvalue weighted by Crippen LogP contribution is 2.32. The van der Waals surface area contributed by atoms with Gasteiger partial charge in [0.25, 0.3) is 5.91 Å². The van der Waals surface area contributed by atoms with E-state index in [1.807, 2.05) is 26.8 Å². The first-order valence-electron chi connectivity index (χ1n) is 8.57. The van der Waals surface area contributed by atoms with E-state index in [1.165, 1.54) is 0 Å².